The number of halogens is 2. The normalized spacial score (nSPS) is 18.6. The lowest BCUT2D eigenvalue weighted by atomic mass is 9.72. The molecule has 0 aliphatic heterocycles. The third kappa shape index (κ3) is 2.58. The monoisotopic (exact) mass is 319 g/mol. The van der Waals surface area contributed by atoms with E-state index in [0.29, 0.717) is 12.3 Å². The quantitative estimate of drug-likeness (QED) is 0.915. The summed E-state index contributed by atoms with van der Waals surface area (Å²) in [6.45, 7) is 0. The second-order valence-corrected chi connectivity index (χ2v) is 6.07. The van der Waals surface area contributed by atoms with E-state index in [0.717, 1.165) is 16.5 Å². The molecule has 0 radical (unpaired) electrons. The Balaban J connectivity index is 1.75. The Kier molecular flexibility index (Phi) is 3.42. The molecular formula is C16H15BrFN. The van der Waals surface area contributed by atoms with E-state index >= 15 is 0 Å². The molecule has 0 heterocycles. The summed E-state index contributed by atoms with van der Waals surface area (Å²) in [5.41, 5.74) is 9.98. The van der Waals surface area contributed by atoms with Gasteiger partial charge in [0, 0.05) is 16.4 Å². The maximum atomic E-state index is 13.3. The van der Waals surface area contributed by atoms with Gasteiger partial charge in [-0.25, -0.2) is 4.39 Å². The van der Waals surface area contributed by atoms with E-state index in [1.807, 2.05) is 6.07 Å². The van der Waals surface area contributed by atoms with Crippen molar-refractivity contribution in [2.75, 3.05) is 0 Å². The highest BCUT2D eigenvalue weighted by Crippen LogP contribution is 2.37. The van der Waals surface area contributed by atoms with Crippen molar-refractivity contribution in [3.8, 4) is 0 Å². The zero-order valence-electron chi connectivity index (χ0n) is 10.4. The van der Waals surface area contributed by atoms with Gasteiger partial charge in [-0.3, -0.25) is 0 Å². The van der Waals surface area contributed by atoms with Gasteiger partial charge in [0.25, 0.3) is 0 Å². The molecule has 3 heteroatoms. The standard InChI is InChI=1S/C16H15BrFN/c17-12-5-10(6-13(18)9-12)7-16(19)15-8-11-3-1-2-4-14(11)15/h1-6,9,15-16H,7-8,19H2. The van der Waals surface area contributed by atoms with Crippen LogP contribution in [0.15, 0.2) is 46.9 Å². The Labute approximate surface area is 120 Å². The van der Waals surface area contributed by atoms with Gasteiger partial charge in [-0.1, -0.05) is 40.2 Å². The molecule has 0 aromatic heterocycles. The molecule has 0 saturated carbocycles. The van der Waals surface area contributed by atoms with Crippen LogP contribution in [0.1, 0.15) is 22.6 Å². The lowest BCUT2D eigenvalue weighted by molar-refractivity contribution is 0.479. The molecule has 3 rings (SSSR count). The molecule has 2 atom stereocenters. The summed E-state index contributed by atoms with van der Waals surface area (Å²) in [5.74, 6) is 0.184. The molecule has 19 heavy (non-hydrogen) atoms. The van der Waals surface area contributed by atoms with Crippen LogP contribution in [-0.2, 0) is 12.8 Å². The molecule has 0 spiro atoms. The zero-order chi connectivity index (χ0) is 13.4. The van der Waals surface area contributed by atoms with Gasteiger partial charge in [0.05, 0.1) is 0 Å². The van der Waals surface area contributed by atoms with Gasteiger partial charge in [0.2, 0.25) is 0 Å². The number of benzene rings is 2. The van der Waals surface area contributed by atoms with Gasteiger partial charge >= 0.3 is 0 Å². The largest absolute Gasteiger partial charge is 0.327 e. The number of hydrogen-bond acceptors (Lipinski definition) is 1. The highest BCUT2D eigenvalue weighted by Gasteiger charge is 2.30. The van der Waals surface area contributed by atoms with E-state index in [2.05, 4.69) is 40.2 Å². The van der Waals surface area contributed by atoms with Crippen molar-refractivity contribution in [1.82, 2.24) is 0 Å². The minimum Gasteiger partial charge on any atom is -0.327 e. The van der Waals surface area contributed by atoms with Crippen molar-refractivity contribution < 1.29 is 4.39 Å². The van der Waals surface area contributed by atoms with Crippen LogP contribution in [0.25, 0.3) is 0 Å². The Hall–Kier alpha value is -1.19. The van der Waals surface area contributed by atoms with Crippen molar-refractivity contribution >= 4 is 15.9 Å². The number of fused-ring (bicyclic) bond motifs is 1. The van der Waals surface area contributed by atoms with Crippen LogP contribution in [0, 0.1) is 5.82 Å². The van der Waals surface area contributed by atoms with Crippen LogP contribution in [0.2, 0.25) is 0 Å². The molecule has 0 saturated heterocycles. The highest BCUT2D eigenvalue weighted by molar-refractivity contribution is 9.10. The predicted octanol–water partition coefficient (Wildman–Crippen LogP) is 3.80. The third-order valence-electron chi connectivity index (χ3n) is 3.80. The van der Waals surface area contributed by atoms with Crippen LogP contribution in [-0.4, -0.2) is 6.04 Å². The first-order valence-corrected chi connectivity index (χ1v) is 7.21. The van der Waals surface area contributed by atoms with Crippen LogP contribution in [0.4, 0.5) is 4.39 Å². The van der Waals surface area contributed by atoms with Gasteiger partial charge in [0.15, 0.2) is 0 Å². The molecule has 0 bridgehead atoms. The average Bonchev–Trinajstić information content (AvgIpc) is 2.29. The van der Waals surface area contributed by atoms with E-state index in [4.69, 9.17) is 5.73 Å². The third-order valence-corrected chi connectivity index (χ3v) is 4.26. The summed E-state index contributed by atoms with van der Waals surface area (Å²) in [5, 5.41) is 0. The Morgan fingerprint density at radius 2 is 2.05 bits per heavy atom. The highest BCUT2D eigenvalue weighted by atomic mass is 79.9. The molecule has 0 fully saturated rings. The maximum absolute atomic E-state index is 13.3. The van der Waals surface area contributed by atoms with Crippen molar-refractivity contribution in [1.29, 1.82) is 0 Å². The van der Waals surface area contributed by atoms with Gasteiger partial charge < -0.3 is 5.73 Å². The van der Waals surface area contributed by atoms with E-state index in [1.165, 1.54) is 17.2 Å². The fourth-order valence-corrected chi connectivity index (χ4v) is 3.34. The lowest BCUT2D eigenvalue weighted by Gasteiger charge is -2.34. The molecule has 1 aliphatic rings. The molecule has 98 valence electrons. The summed E-state index contributed by atoms with van der Waals surface area (Å²) in [7, 11) is 0. The lowest BCUT2D eigenvalue weighted by Crippen LogP contribution is -2.37. The summed E-state index contributed by atoms with van der Waals surface area (Å²) in [6.07, 6.45) is 1.74. The molecule has 2 unspecified atom stereocenters. The van der Waals surface area contributed by atoms with E-state index < -0.39 is 0 Å². The topological polar surface area (TPSA) is 26.0 Å². The van der Waals surface area contributed by atoms with Gasteiger partial charge in [0.1, 0.15) is 5.82 Å². The molecule has 2 aromatic carbocycles. The van der Waals surface area contributed by atoms with E-state index in [9.17, 15) is 4.39 Å². The molecule has 1 aliphatic carbocycles. The summed E-state index contributed by atoms with van der Waals surface area (Å²) >= 11 is 3.32. The average molecular weight is 320 g/mol. The van der Waals surface area contributed by atoms with Crippen molar-refractivity contribution in [2.24, 2.45) is 5.73 Å². The van der Waals surface area contributed by atoms with Crippen molar-refractivity contribution in [3.63, 3.8) is 0 Å². The molecular weight excluding hydrogens is 305 g/mol. The van der Waals surface area contributed by atoms with Gasteiger partial charge in [-0.15, -0.1) is 0 Å². The first-order valence-electron chi connectivity index (χ1n) is 6.42. The summed E-state index contributed by atoms with van der Waals surface area (Å²) in [6, 6.07) is 13.4. The first kappa shape index (κ1) is 12.8. The van der Waals surface area contributed by atoms with Gasteiger partial charge in [-0.2, -0.15) is 0 Å². The van der Waals surface area contributed by atoms with Crippen molar-refractivity contribution in [3.05, 3.63) is 69.4 Å². The van der Waals surface area contributed by atoms with E-state index in [1.54, 1.807) is 6.07 Å². The number of nitrogens with two attached hydrogens (primary N) is 1. The SMILES string of the molecule is NC(Cc1cc(F)cc(Br)c1)C1Cc2ccccc21. The Bertz CT molecular complexity index is 591. The minimum absolute atomic E-state index is 0.0450. The van der Waals surface area contributed by atoms with Crippen LogP contribution < -0.4 is 5.73 Å². The predicted molar refractivity (Wildman–Crippen MR) is 78.7 cm³/mol. The second kappa shape index (κ2) is 5.06. The fourth-order valence-electron chi connectivity index (χ4n) is 2.82. The van der Waals surface area contributed by atoms with Gasteiger partial charge in [-0.05, 0) is 47.7 Å². The van der Waals surface area contributed by atoms with Crippen LogP contribution >= 0.6 is 15.9 Å². The fraction of sp³-hybridized carbons (Fsp3) is 0.250. The molecule has 2 aromatic rings. The Morgan fingerprint density at radius 1 is 1.26 bits per heavy atom. The maximum Gasteiger partial charge on any atom is 0.124 e. The number of rotatable bonds is 3. The van der Waals surface area contributed by atoms with Crippen LogP contribution in [0.3, 0.4) is 0 Å². The first-order chi connectivity index (χ1) is 9.13. The zero-order valence-corrected chi connectivity index (χ0v) is 12.0. The Morgan fingerprint density at radius 3 is 2.79 bits per heavy atom. The van der Waals surface area contributed by atoms with Crippen LogP contribution in [0.5, 0.6) is 0 Å². The minimum atomic E-state index is -0.217. The summed E-state index contributed by atoms with van der Waals surface area (Å²) < 4.78 is 14.1. The smallest absolute Gasteiger partial charge is 0.124 e. The molecule has 2 N–H and O–H groups in total. The summed E-state index contributed by atoms with van der Waals surface area (Å²) in [4.78, 5) is 0. The molecule has 0 amide bonds. The van der Waals surface area contributed by atoms with E-state index in [-0.39, 0.29) is 11.9 Å². The number of hydrogen-bond donors (Lipinski definition) is 1. The second-order valence-electron chi connectivity index (χ2n) is 5.16. The van der Waals surface area contributed by atoms with Crippen molar-refractivity contribution in [2.45, 2.75) is 24.8 Å². The molecule has 1 nitrogen and oxygen atoms in total.